The minimum atomic E-state index is -0.292. The molecule has 0 aliphatic heterocycles. The maximum absolute atomic E-state index is 11.7. The summed E-state index contributed by atoms with van der Waals surface area (Å²) in [5.74, 6) is -0.545. The Morgan fingerprint density at radius 2 is 1.88 bits per heavy atom. The summed E-state index contributed by atoms with van der Waals surface area (Å²) in [6.07, 6.45) is 4.29. The molecule has 5 heteroatoms. The molecule has 5 nitrogen and oxygen atoms in total. The van der Waals surface area contributed by atoms with Gasteiger partial charge in [0, 0.05) is 26.3 Å². The average molecular weight is 348 g/mol. The fourth-order valence-electron chi connectivity index (χ4n) is 3.02. The van der Waals surface area contributed by atoms with Gasteiger partial charge < -0.3 is 11.1 Å². The molecule has 0 saturated carbocycles. The van der Waals surface area contributed by atoms with E-state index in [1.54, 1.807) is 10.9 Å². The Bertz CT molecular complexity index is 857. The van der Waals surface area contributed by atoms with Gasteiger partial charge in [-0.2, -0.15) is 5.10 Å². The molecule has 3 rings (SSSR count). The Labute approximate surface area is 153 Å². The van der Waals surface area contributed by atoms with Crippen LogP contribution in [0.4, 0.5) is 0 Å². The predicted molar refractivity (Wildman–Crippen MR) is 103 cm³/mol. The number of nitrogens with zero attached hydrogens (tertiary/aromatic N) is 2. The SMILES string of the molecule is Cn1cc(C[C@H](CNCc2cccc(-c3ccccc3)c2)C(N)=O)cn1. The summed E-state index contributed by atoms with van der Waals surface area (Å²) < 4.78 is 1.73. The zero-order chi connectivity index (χ0) is 18.4. The fraction of sp³-hybridized carbons (Fsp3) is 0.238. The lowest BCUT2D eigenvalue weighted by atomic mass is 10.0. The number of aryl methyl sites for hydroxylation is 1. The van der Waals surface area contributed by atoms with Crippen molar-refractivity contribution in [1.29, 1.82) is 0 Å². The predicted octanol–water partition coefficient (Wildman–Crippen LogP) is 2.52. The van der Waals surface area contributed by atoms with Gasteiger partial charge in [0.25, 0.3) is 0 Å². The van der Waals surface area contributed by atoms with Crippen LogP contribution in [-0.4, -0.2) is 22.2 Å². The molecular formula is C21H24N4O. The Hall–Kier alpha value is -2.92. The minimum Gasteiger partial charge on any atom is -0.369 e. The number of hydrogen-bond donors (Lipinski definition) is 2. The molecule has 0 unspecified atom stereocenters. The highest BCUT2D eigenvalue weighted by molar-refractivity contribution is 5.77. The van der Waals surface area contributed by atoms with E-state index >= 15 is 0 Å². The van der Waals surface area contributed by atoms with E-state index in [1.165, 1.54) is 16.7 Å². The Morgan fingerprint density at radius 1 is 1.12 bits per heavy atom. The number of hydrogen-bond acceptors (Lipinski definition) is 3. The van der Waals surface area contributed by atoms with E-state index in [0.717, 1.165) is 5.56 Å². The second kappa shape index (κ2) is 8.45. The molecule has 1 aromatic heterocycles. The molecule has 3 aromatic rings. The third-order valence-corrected chi connectivity index (χ3v) is 4.40. The lowest BCUT2D eigenvalue weighted by molar-refractivity contribution is -0.121. The topological polar surface area (TPSA) is 72.9 Å². The summed E-state index contributed by atoms with van der Waals surface area (Å²) in [4.78, 5) is 11.7. The van der Waals surface area contributed by atoms with Gasteiger partial charge in [-0.1, -0.05) is 48.5 Å². The van der Waals surface area contributed by atoms with Crippen LogP contribution in [0.2, 0.25) is 0 Å². The molecule has 2 aromatic carbocycles. The van der Waals surface area contributed by atoms with Crippen molar-refractivity contribution >= 4 is 5.91 Å². The van der Waals surface area contributed by atoms with Crippen molar-refractivity contribution in [2.75, 3.05) is 6.54 Å². The Kier molecular flexibility index (Phi) is 5.81. The summed E-state index contributed by atoms with van der Waals surface area (Å²) in [5.41, 5.74) is 10.1. The van der Waals surface area contributed by atoms with Crippen LogP contribution >= 0.6 is 0 Å². The van der Waals surface area contributed by atoms with Gasteiger partial charge in [-0.15, -0.1) is 0 Å². The number of benzene rings is 2. The molecule has 1 atom stereocenters. The summed E-state index contributed by atoms with van der Waals surface area (Å²) in [5, 5.41) is 7.50. The van der Waals surface area contributed by atoms with Gasteiger partial charge in [0.15, 0.2) is 0 Å². The summed E-state index contributed by atoms with van der Waals surface area (Å²) in [6.45, 7) is 1.23. The van der Waals surface area contributed by atoms with E-state index in [-0.39, 0.29) is 11.8 Å². The first kappa shape index (κ1) is 17.9. The summed E-state index contributed by atoms with van der Waals surface area (Å²) in [7, 11) is 1.86. The molecule has 26 heavy (non-hydrogen) atoms. The van der Waals surface area contributed by atoms with Crippen molar-refractivity contribution in [3.63, 3.8) is 0 Å². The minimum absolute atomic E-state index is 0.253. The lowest BCUT2D eigenvalue weighted by Crippen LogP contribution is -2.34. The first-order chi connectivity index (χ1) is 12.6. The number of nitrogens with one attached hydrogen (secondary N) is 1. The van der Waals surface area contributed by atoms with Crippen molar-refractivity contribution in [2.45, 2.75) is 13.0 Å². The van der Waals surface area contributed by atoms with Crippen molar-refractivity contribution in [1.82, 2.24) is 15.1 Å². The molecule has 0 saturated heterocycles. The maximum atomic E-state index is 11.7. The van der Waals surface area contributed by atoms with Crippen LogP contribution in [0.5, 0.6) is 0 Å². The molecule has 1 amide bonds. The second-order valence-electron chi connectivity index (χ2n) is 6.52. The molecule has 0 aliphatic carbocycles. The Balaban J connectivity index is 1.58. The highest BCUT2D eigenvalue weighted by Gasteiger charge is 2.16. The van der Waals surface area contributed by atoms with E-state index in [2.05, 4.69) is 46.8 Å². The number of aromatic nitrogens is 2. The molecule has 0 spiro atoms. The third kappa shape index (κ3) is 4.80. The average Bonchev–Trinajstić information content (AvgIpc) is 3.07. The van der Waals surface area contributed by atoms with Crippen LogP contribution in [0.15, 0.2) is 67.0 Å². The van der Waals surface area contributed by atoms with Gasteiger partial charge in [-0.3, -0.25) is 9.48 Å². The van der Waals surface area contributed by atoms with Gasteiger partial charge in [0.1, 0.15) is 0 Å². The standard InChI is InChI=1S/C21H24N4O/c1-25-15-17(13-24-25)11-20(21(22)26)14-23-12-16-6-5-9-19(10-16)18-7-3-2-4-8-18/h2-10,13,15,20,23H,11-12,14H2,1H3,(H2,22,26)/t20-/m1/s1. The van der Waals surface area contributed by atoms with E-state index in [9.17, 15) is 4.79 Å². The van der Waals surface area contributed by atoms with Crippen LogP contribution in [0, 0.1) is 5.92 Å². The fourth-order valence-corrected chi connectivity index (χ4v) is 3.02. The number of amides is 1. The first-order valence-corrected chi connectivity index (χ1v) is 8.74. The van der Waals surface area contributed by atoms with E-state index in [1.807, 2.05) is 31.4 Å². The third-order valence-electron chi connectivity index (χ3n) is 4.40. The molecule has 1 heterocycles. The largest absolute Gasteiger partial charge is 0.369 e. The molecule has 3 N–H and O–H groups in total. The van der Waals surface area contributed by atoms with Crippen molar-refractivity contribution in [2.24, 2.45) is 18.7 Å². The molecule has 0 bridgehead atoms. The molecule has 0 radical (unpaired) electrons. The van der Waals surface area contributed by atoms with E-state index < -0.39 is 0 Å². The Morgan fingerprint density at radius 3 is 2.58 bits per heavy atom. The molecule has 0 aliphatic rings. The quantitative estimate of drug-likeness (QED) is 0.657. The highest BCUT2D eigenvalue weighted by Crippen LogP contribution is 2.20. The molecule has 0 fully saturated rings. The van der Waals surface area contributed by atoms with Gasteiger partial charge in [-0.25, -0.2) is 0 Å². The van der Waals surface area contributed by atoms with Crippen LogP contribution in [0.1, 0.15) is 11.1 Å². The van der Waals surface area contributed by atoms with Crippen LogP contribution in [0.25, 0.3) is 11.1 Å². The first-order valence-electron chi connectivity index (χ1n) is 8.74. The normalized spacial score (nSPS) is 12.0. The monoisotopic (exact) mass is 348 g/mol. The van der Waals surface area contributed by atoms with Crippen LogP contribution < -0.4 is 11.1 Å². The lowest BCUT2D eigenvalue weighted by Gasteiger charge is -2.14. The number of rotatable bonds is 8. The van der Waals surface area contributed by atoms with Crippen LogP contribution in [0.3, 0.4) is 0 Å². The van der Waals surface area contributed by atoms with Crippen molar-refractivity contribution in [3.8, 4) is 11.1 Å². The van der Waals surface area contributed by atoms with Gasteiger partial charge in [-0.05, 0) is 34.7 Å². The number of primary amides is 1. The van der Waals surface area contributed by atoms with Gasteiger partial charge in [0.2, 0.25) is 5.91 Å². The summed E-state index contributed by atoms with van der Waals surface area (Å²) in [6, 6.07) is 18.7. The van der Waals surface area contributed by atoms with Crippen LogP contribution in [-0.2, 0) is 24.8 Å². The van der Waals surface area contributed by atoms with Crippen molar-refractivity contribution in [3.05, 3.63) is 78.1 Å². The highest BCUT2D eigenvalue weighted by atomic mass is 16.1. The molecule has 134 valence electrons. The number of carbonyl (C=O) groups is 1. The molecular weight excluding hydrogens is 324 g/mol. The maximum Gasteiger partial charge on any atom is 0.222 e. The van der Waals surface area contributed by atoms with Gasteiger partial charge in [0.05, 0.1) is 12.1 Å². The van der Waals surface area contributed by atoms with Crippen molar-refractivity contribution < 1.29 is 4.79 Å². The number of nitrogens with two attached hydrogens (primary N) is 1. The van der Waals surface area contributed by atoms with E-state index in [4.69, 9.17) is 5.73 Å². The second-order valence-corrected chi connectivity index (χ2v) is 6.52. The zero-order valence-corrected chi connectivity index (χ0v) is 14.9. The smallest absolute Gasteiger partial charge is 0.222 e. The summed E-state index contributed by atoms with van der Waals surface area (Å²) >= 11 is 0. The number of carbonyl (C=O) groups excluding carboxylic acids is 1. The van der Waals surface area contributed by atoms with E-state index in [0.29, 0.717) is 19.5 Å². The zero-order valence-electron chi connectivity index (χ0n) is 14.9. The van der Waals surface area contributed by atoms with Gasteiger partial charge >= 0.3 is 0 Å².